The molecule has 6 nitrogen and oxygen atoms in total. The minimum Gasteiger partial charge on any atom is -0.495 e. The number of benzene rings is 2. The van der Waals surface area contributed by atoms with Crippen LogP contribution in [0, 0.1) is 19.8 Å². The molecular weight excluding hydrogens is 402 g/mol. The Morgan fingerprint density at radius 2 is 1.97 bits per heavy atom. The van der Waals surface area contributed by atoms with Crippen LogP contribution in [0.15, 0.2) is 66.2 Å². The molecule has 6 heteroatoms. The molecule has 3 heterocycles. The molecule has 0 spiro atoms. The zero-order valence-electron chi connectivity index (χ0n) is 18.6. The SMILES string of the molecule is COc1cc(/C=C/C2=NOC3(c4ccc(C)cc4)COCCC23)ccc1-n1cnc(C)c1. The number of methoxy groups -OCH3 is 1. The normalized spacial score (nSPS) is 22.5. The predicted molar refractivity (Wildman–Crippen MR) is 124 cm³/mol. The average Bonchev–Trinajstić information content (AvgIpc) is 3.42. The maximum Gasteiger partial charge on any atom is 0.194 e. The van der Waals surface area contributed by atoms with Crippen LogP contribution in [0.1, 0.15) is 28.8 Å². The first-order valence-electron chi connectivity index (χ1n) is 10.9. The molecule has 0 saturated carbocycles. The Kier molecular flexibility index (Phi) is 5.31. The highest BCUT2D eigenvalue weighted by Gasteiger charge is 2.51. The number of rotatable bonds is 5. The van der Waals surface area contributed by atoms with Crippen molar-refractivity contribution in [3.05, 3.63) is 83.4 Å². The quantitative estimate of drug-likeness (QED) is 0.583. The molecule has 2 aliphatic rings. The minimum atomic E-state index is -0.549. The van der Waals surface area contributed by atoms with Crippen LogP contribution < -0.4 is 4.74 Å². The zero-order valence-corrected chi connectivity index (χ0v) is 18.6. The van der Waals surface area contributed by atoms with Crippen LogP contribution in [0.4, 0.5) is 0 Å². The van der Waals surface area contributed by atoms with E-state index in [0.29, 0.717) is 13.2 Å². The molecule has 0 N–H and O–H groups in total. The van der Waals surface area contributed by atoms with Crippen molar-refractivity contribution in [2.24, 2.45) is 11.1 Å². The molecule has 2 atom stereocenters. The van der Waals surface area contributed by atoms with Crippen molar-refractivity contribution in [2.75, 3.05) is 20.3 Å². The second-order valence-corrected chi connectivity index (χ2v) is 8.44. The second-order valence-electron chi connectivity index (χ2n) is 8.44. The number of imidazole rings is 1. The van der Waals surface area contributed by atoms with E-state index < -0.39 is 5.60 Å². The summed E-state index contributed by atoms with van der Waals surface area (Å²) < 4.78 is 13.4. The number of ether oxygens (including phenoxy) is 2. The highest BCUT2D eigenvalue weighted by atomic mass is 16.7. The van der Waals surface area contributed by atoms with Gasteiger partial charge in [-0.2, -0.15) is 0 Å². The Morgan fingerprint density at radius 1 is 1.12 bits per heavy atom. The number of hydrogen-bond acceptors (Lipinski definition) is 5. The lowest BCUT2D eigenvalue weighted by Gasteiger charge is -2.36. The Morgan fingerprint density at radius 3 is 2.72 bits per heavy atom. The summed E-state index contributed by atoms with van der Waals surface area (Å²) in [6.07, 6.45) is 8.77. The zero-order chi connectivity index (χ0) is 22.1. The fraction of sp³-hybridized carbons (Fsp3) is 0.308. The fourth-order valence-corrected chi connectivity index (χ4v) is 4.50. The number of hydrogen-bond donors (Lipinski definition) is 0. The minimum absolute atomic E-state index is 0.158. The third-order valence-corrected chi connectivity index (χ3v) is 6.28. The highest BCUT2D eigenvalue weighted by molar-refractivity contribution is 6.01. The van der Waals surface area contributed by atoms with Gasteiger partial charge in [0.15, 0.2) is 5.60 Å². The number of allylic oxidation sites excluding steroid dienone is 1. The van der Waals surface area contributed by atoms with Gasteiger partial charge in [0.25, 0.3) is 0 Å². The van der Waals surface area contributed by atoms with Crippen LogP contribution >= 0.6 is 0 Å². The van der Waals surface area contributed by atoms with E-state index in [1.54, 1.807) is 13.4 Å². The van der Waals surface area contributed by atoms with Crippen molar-refractivity contribution in [3.8, 4) is 11.4 Å². The molecule has 0 amide bonds. The van der Waals surface area contributed by atoms with Gasteiger partial charge in [0, 0.05) is 18.4 Å². The molecule has 0 aliphatic carbocycles. The van der Waals surface area contributed by atoms with E-state index in [4.69, 9.17) is 14.3 Å². The summed E-state index contributed by atoms with van der Waals surface area (Å²) in [6.45, 7) is 5.27. The van der Waals surface area contributed by atoms with Gasteiger partial charge in [-0.15, -0.1) is 0 Å². The molecular formula is C26H27N3O3. The lowest BCUT2D eigenvalue weighted by atomic mass is 9.76. The molecule has 3 aromatic rings. The Bertz CT molecular complexity index is 1180. The van der Waals surface area contributed by atoms with Crippen LogP contribution in [0.2, 0.25) is 0 Å². The van der Waals surface area contributed by atoms with Gasteiger partial charge < -0.3 is 18.9 Å². The van der Waals surface area contributed by atoms with Gasteiger partial charge in [-0.1, -0.05) is 47.1 Å². The van der Waals surface area contributed by atoms with Crippen molar-refractivity contribution >= 4 is 11.8 Å². The third kappa shape index (κ3) is 3.60. The molecule has 1 fully saturated rings. The Balaban J connectivity index is 1.40. The lowest BCUT2D eigenvalue weighted by molar-refractivity contribution is -0.135. The van der Waals surface area contributed by atoms with Gasteiger partial charge in [0.05, 0.1) is 43.1 Å². The molecule has 0 radical (unpaired) electrons. The van der Waals surface area contributed by atoms with Crippen LogP contribution in [0.3, 0.4) is 0 Å². The van der Waals surface area contributed by atoms with Crippen molar-refractivity contribution in [1.29, 1.82) is 0 Å². The van der Waals surface area contributed by atoms with Crippen LogP contribution in [-0.4, -0.2) is 35.6 Å². The number of fused-ring (bicyclic) bond motifs is 1. The van der Waals surface area contributed by atoms with Crippen molar-refractivity contribution in [2.45, 2.75) is 25.9 Å². The maximum atomic E-state index is 6.07. The lowest BCUT2D eigenvalue weighted by Crippen LogP contribution is -2.44. The van der Waals surface area contributed by atoms with Crippen LogP contribution in [0.25, 0.3) is 11.8 Å². The Hall–Kier alpha value is -3.38. The molecule has 0 bridgehead atoms. The first-order chi connectivity index (χ1) is 15.6. The molecule has 164 valence electrons. The maximum absolute atomic E-state index is 6.07. The van der Waals surface area contributed by atoms with E-state index in [2.05, 4.69) is 59.5 Å². The van der Waals surface area contributed by atoms with E-state index in [0.717, 1.165) is 40.4 Å². The average molecular weight is 430 g/mol. The van der Waals surface area contributed by atoms with E-state index in [1.165, 1.54) is 5.56 Å². The van der Waals surface area contributed by atoms with Crippen molar-refractivity contribution < 1.29 is 14.3 Å². The van der Waals surface area contributed by atoms with E-state index in [1.807, 2.05) is 29.8 Å². The molecule has 5 rings (SSSR count). The van der Waals surface area contributed by atoms with Crippen LogP contribution in [-0.2, 0) is 15.2 Å². The summed E-state index contributed by atoms with van der Waals surface area (Å²) in [7, 11) is 1.68. The van der Waals surface area contributed by atoms with Gasteiger partial charge in [-0.05, 0) is 44.0 Å². The monoisotopic (exact) mass is 429 g/mol. The smallest absolute Gasteiger partial charge is 0.194 e. The number of aryl methyl sites for hydroxylation is 2. The molecule has 1 saturated heterocycles. The van der Waals surface area contributed by atoms with Crippen molar-refractivity contribution in [3.63, 3.8) is 0 Å². The largest absolute Gasteiger partial charge is 0.495 e. The third-order valence-electron chi connectivity index (χ3n) is 6.28. The number of nitrogens with zero attached hydrogens (tertiary/aromatic N) is 3. The van der Waals surface area contributed by atoms with E-state index in [9.17, 15) is 0 Å². The molecule has 1 aromatic heterocycles. The van der Waals surface area contributed by atoms with Gasteiger partial charge in [-0.25, -0.2) is 4.98 Å². The highest BCUT2D eigenvalue weighted by Crippen LogP contribution is 2.44. The van der Waals surface area contributed by atoms with Gasteiger partial charge in [0.1, 0.15) is 5.75 Å². The summed E-state index contributed by atoms with van der Waals surface area (Å²) in [5.74, 6) is 0.944. The topological polar surface area (TPSA) is 57.9 Å². The fourth-order valence-electron chi connectivity index (χ4n) is 4.50. The van der Waals surface area contributed by atoms with Gasteiger partial charge in [-0.3, -0.25) is 0 Å². The summed E-state index contributed by atoms with van der Waals surface area (Å²) in [6, 6.07) is 14.6. The number of oxime groups is 1. The summed E-state index contributed by atoms with van der Waals surface area (Å²) in [5.41, 5.74) is 5.68. The predicted octanol–water partition coefficient (Wildman–Crippen LogP) is 4.83. The first-order valence-corrected chi connectivity index (χ1v) is 10.9. The standard InChI is InChI=1S/C26H27N3O3/c1-18-4-8-21(9-5-18)26-16-31-13-12-22(26)23(28-32-26)10-6-20-7-11-24(25(14-20)30-3)29-15-19(2)27-17-29/h4-11,14-15,17,22H,12-13,16H2,1-3H3/b10-6+. The van der Waals surface area contributed by atoms with E-state index in [-0.39, 0.29) is 5.92 Å². The number of aromatic nitrogens is 2. The Labute approximate surface area is 188 Å². The summed E-state index contributed by atoms with van der Waals surface area (Å²) in [4.78, 5) is 10.4. The summed E-state index contributed by atoms with van der Waals surface area (Å²) in [5, 5.41) is 4.48. The molecule has 2 aromatic carbocycles. The summed E-state index contributed by atoms with van der Waals surface area (Å²) >= 11 is 0. The molecule has 32 heavy (non-hydrogen) atoms. The van der Waals surface area contributed by atoms with E-state index >= 15 is 0 Å². The second kappa shape index (κ2) is 8.28. The first kappa shape index (κ1) is 20.5. The molecule has 2 aliphatic heterocycles. The van der Waals surface area contributed by atoms with Crippen molar-refractivity contribution in [1.82, 2.24) is 9.55 Å². The molecule has 2 unspecified atom stereocenters. The van der Waals surface area contributed by atoms with Gasteiger partial charge >= 0.3 is 0 Å². The van der Waals surface area contributed by atoms with Crippen LogP contribution in [0.5, 0.6) is 5.75 Å². The van der Waals surface area contributed by atoms with Gasteiger partial charge in [0.2, 0.25) is 0 Å².